The fraction of sp³-hybridized carbons (Fsp3) is 0.267. The summed E-state index contributed by atoms with van der Waals surface area (Å²) in [5, 5.41) is 4.58. The molecule has 0 aliphatic carbocycles. The Morgan fingerprint density at radius 1 is 1.22 bits per heavy atom. The zero-order valence-electron chi connectivity index (χ0n) is 12.8. The highest BCUT2D eigenvalue weighted by atomic mass is 35.5. The van der Waals surface area contributed by atoms with Crippen LogP contribution in [-0.2, 0) is 16.1 Å². The molecule has 122 valence electrons. The van der Waals surface area contributed by atoms with Gasteiger partial charge in [0.15, 0.2) is 6.61 Å². The minimum absolute atomic E-state index is 0.0192. The molecule has 0 bridgehead atoms. The SMILES string of the molecule is Cc1cc(C)n(CC(=O)NNC(=O)COc2ccccc2Cl)n1. The van der Waals surface area contributed by atoms with Gasteiger partial charge in [-0.15, -0.1) is 0 Å². The van der Waals surface area contributed by atoms with Crippen molar-refractivity contribution in [3.63, 3.8) is 0 Å². The lowest BCUT2D eigenvalue weighted by Crippen LogP contribution is -2.45. The molecule has 23 heavy (non-hydrogen) atoms. The first kappa shape index (κ1) is 16.8. The third kappa shape index (κ3) is 5.00. The highest BCUT2D eigenvalue weighted by Crippen LogP contribution is 2.22. The maximum Gasteiger partial charge on any atom is 0.276 e. The van der Waals surface area contributed by atoms with Gasteiger partial charge >= 0.3 is 0 Å². The third-order valence-electron chi connectivity index (χ3n) is 2.93. The first-order valence-electron chi connectivity index (χ1n) is 6.92. The van der Waals surface area contributed by atoms with Gasteiger partial charge < -0.3 is 4.74 Å². The van der Waals surface area contributed by atoms with Gasteiger partial charge in [0.1, 0.15) is 12.3 Å². The zero-order chi connectivity index (χ0) is 16.8. The van der Waals surface area contributed by atoms with Gasteiger partial charge in [-0.3, -0.25) is 25.1 Å². The highest BCUT2D eigenvalue weighted by molar-refractivity contribution is 6.32. The summed E-state index contributed by atoms with van der Waals surface area (Å²) in [6.07, 6.45) is 0. The van der Waals surface area contributed by atoms with Crippen LogP contribution in [0, 0.1) is 13.8 Å². The molecule has 1 aromatic carbocycles. The van der Waals surface area contributed by atoms with E-state index in [4.69, 9.17) is 16.3 Å². The highest BCUT2D eigenvalue weighted by Gasteiger charge is 2.09. The van der Waals surface area contributed by atoms with Gasteiger partial charge in [0.2, 0.25) is 0 Å². The summed E-state index contributed by atoms with van der Waals surface area (Å²) in [5.41, 5.74) is 6.27. The van der Waals surface area contributed by atoms with Crippen LogP contribution in [0.1, 0.15) is 11.4 Å². The Morgan fingerprint density at radius 2 is 1.91 bits per heavy atom. The molecule has 0 fully saturated rings. The number of hydrogen-bond donors (Lipinski definition) is 2. The molecule has 2 N–H and O–H groups in total. The van der Waals surface area contributed by atoms with Crippen LogP contribution in [0.5, 0.6) is 5.75 Å². The molecule has 2 rings (SSSR count). The average Bonchev–Trinajstić information content (AvgIpc) is 2.82. The molecule has 0 unspecified atom stereocenters. The molecular formula is C15H17ClN4O3. The number of halogens is 1. The van der Waals surface area contributed by atoms with Crippen LogP contribution in [0.3, 0.4) is 0 Å². The predicted molar refractivity (Wildman–Crippen MR) is 84.9 cm³/mol. The van der Waals surface area contributed by atoms with E-state index in [2.05, 4.69) is 16.0 Å². The number of nitrogens with zero attached hydrogens (tertiary/aromatic N) is 2. The summed E-state index contributed by atoms with van der Waals surface area (Å²) in [5.74, 6) is -0.479. The van der Waals surface area contributed by atoms with E-state index in [-0.39, 0.29) is 19.1 Å². The summed E-state index contributed by atoms with van der Waals surface area (Å²) in [6.45, 7) is 3.45. The number of hydrogen-bond acceptors (Lipinski definition) is 4. The van der Waals surface area contributed by atoms with Crippen LogP contribution >= 0.6 is 11.6 Å². The maximum absolute atomic E-state index is 11.8. The lowest BCUT2D eigenvalue weighted by Gasteiger charge is -2.10. The third-order valence-corrected chi connectivity index (χ3v) is 3.25. The molecule has 0 aliphatic heterocycles. The Hall–Kier alpha value is -2.54. The van der Waals surface area contributed by atoms with E-state index in [9.17, 15) is 9.59 Å². The van der Waals surface area contributed by atoms with E-state index in [0.29, 0.717) is 10.8 Å². The monoisotopic (exact) mass is 336 g/mol. The van der Waals surface area contributed by atoms with Crippen molar-refractivity contribution in [2.75, 3.05) is 6.61 Å². The summed E-state index contributed by atoms with van der Waals surface area (Å²) in [6, 6.07) is 8.68. The van der Waals surface area contributed by atoms with Crippen LogP contribution < -0.4 is 15.6 Å². The number of hydrazine groups is 1. The second kappa shape index (κ2) is 7.64. The fourth-order valence-electron chi connectivity index (χ4n) is 1.89. The number of aromatic nitrogens is 2. The van der Waals surface area contributed by atoms with Crippen molar-refractivity contribution in [3.05, 3.63) is 46.7 Å². The number of ether oxygens (including phenoxy) is 1. The molecule has 2 amide bonds. The van der Waals surface area contributed by atoms with Crippen LogP contribution in [0.15, 0.2) is 30.3 Å². The summed E-state index contributed by atoms with van der Waals surface area (Å²) in [4.78, 5) is 23.4. The van der Waals surface area contributed by atoms with Gasteiger partial charge in [-0.2, -0.15) is 5.10 Å². The first-order valence-corrected chi connectivity index (χ1v) is 7.29. The van der Waals surface area contributed by atoms with Crippen molar-refractivity contribution in [1.82, 2.24) is 20.6 Å². The van der Waals surface area contributed by atoms with Crippen LogP contribution in [0.25, 0.3) is 0 Å². The number of rotatable bonds is 5. The van der Waals surface area contributed by atoms with Gasteiger partial charge in [0.05, 0.1) is 10.7 Å². The van der Waals surface area contributed by atoms with E-state index < -0.39 is 5.91 Å². The van der Waals surface area contributed by atoms with E-state index >= 15 is 0 Å². The predicted octanol–water partition coefficient (Wildman–Crippen LogP) is 1.38. The lowest BCUT2D eigenvalue weighted by atomic mass is 10.3. The smallest absolute Gasteiger partial charge is 0.276 e. The average molecular weight is 337 g/mol. The van der Waals surface area contributed by atoms with Crippen LogP contribution in [0.2, 0.25) is 5.02 Å². The van der Waals surface area contributed by atoms with Gasteiger partial charge in [0.25, 0.3) is 11.8 Å². The Bertz CT molecular complexity index is 714. The molecule has 1 aromatic heterocycles. The number of carbonyl (C=O) groups is 2. The second-order valence-electron chi connectivity index (χ2n) is 4.90. The van der Waals surface area contributed by atoms with Crippen LogP contribution in [-0.4, -0.2) is 28.2 Å². The zero-order valence-corrected chi connectivity index (χ0v) is 13.6. The summed E-state index contributed by atoms with van der Waals surface area (Å²) >= 11 is 5.91. The van der Waals surface area contributed by atoms with Gasteiger partial charge in [-0.1, -0.05) is 23.7 Å². The normalized spacial score (nSPS) is 10.2. The van der Waals surface area contributed by atoms with Gasteiger partial charge in [0, 0.05) is 5.69 Å². The first-order chi connectivity index (χ1) is 11.0. The largest absolute Gasteiger partial charge is 0.482 e. The van der Waals surface area contributed by atoms with Gasteiger partial charge in [-0.05, 0) is 32.0 Å². The van der Waals surface area contributed by atoms with E-state index in [1.54, 1.807) is 28.9 Å². The molecule has 0 saturated heterocycles. The second-order valence-corrected chi connectivity index (χ2v) is 5.31. The Kier molecular flexibility index (Phi) is 5.59. The number of para-hydroxylation sites is 1. The molecular weight excluding hydrogens is 320 g/mol. The number of amides is 2. The molecule has 0 atom stereocenters. The van der Waals surface area contributed by atoms with E-state index in [1.165, 1.54) is 0 Å². The molecule has 7 nitrogen and oxygen atoms in total. The fourth-order valence-corrected chi connectivity index (χ4v) is 2.08. The Labute approximate surface area is 138 Å². The maximum atomic E-state index is 11.8. The summed E-state index contributed by atoms with van der Waals surface area (Å²) < 4.78 is 6.81. The van der Waals surface area contributed by atoms with Crippen molar-refractivity contribution >= 4 is 23.4 Å². The number of benzene rings is 1. The van der Waals surface area contributed by atoms with Crippen LogP contribution in [0.4, 0.5) is 0 Å². The van der Waals surface area contributed by atoms with E-state index in [0.717, 1.165) is 11.4 Å². The molecule has 2 aromatic rings. The standard InChI is InChI=1S/C15H17ClN4O3/c1-10-7-11(2)20(19-10)8-14(21)17-18-15(22)9-23-13-6-4-3-5-12(13)16/h3-7H,8-9H2,1-2H3,(H,17,21)(H,18,22). The van der Waals surface area contributed by atoms with Crippen molar-refractivity contribution in [2.24, 2.45) is 0 Å². The Morgan fingerprint density at radius 3 is 2.57 bits per heavy atom. The van der Waals surface area contributed by atoms with Crippen molar-refractivity contribution < 1.29 is 14.3 Å². The molecule has 0 spiro atoms. The number of carbonyl (C=O) groups excluding carboxylic acids is 2. The topological polar surface area (TPSA) is 85.2 Å². The van der Waals surface area contributed by atoms with Crippen molar-refractivity contribution in [2.45, 2.75) is 20.4 Å². The van der Waals surface area contributed by atoms with Gasteiger partial charge in [-0.25, -0.2) is 0 Å². The van der Waals surface area contributed by atoms with E-state index in [1.807, 2.05) is 19.9 Å². The summed E-state index contributed by atoms with van der Waals surface area (Å²) in [7, 11) is 0. The van der Waals surface area contributed by atoms with Crippen molar-refractivity contribution in [1.29, 1.82) is 0 Å². The van der Waals surface area contributed by atoms with Crippen molar-refractivity contribution in [3.8, 4) is 5.75 Å². The Balaban J connectivity index is 1.75. The molecule has 1 heterocycles. The molecule has 0 radical (unpaired) electrons. The quantitative estimate of drug-likeness (QED) is 0.808. The number of aryl methyl sites for hydroxylation is 2. The molecule has 8 heteroatoms. The minimum atomic E-state index is -0.494. The minimum Gasteiger partial charge on any atom is -0.482 e. The number of nitrogens with one attached hydrogen (secondary N) is 2. The lowest BCUT2D eigenvalue weighted by molar-refractivity contribution is -0.130. The molecule has 0 saturated carbocycles. The molecule has 0 aliphatic rings.